The predicted octanol–water partition coefficient (Wildman–Crippen LogP) is -2.43. The number of hydrogen-bond donors (Lipinski definition) is 8. The molecular weight excluding hydrogens is 446 g/mol. The Morgan fingerprint density at radius 2 is 1.38 bits per heavy atom. The zero-order chi connectivity index (χ0) is 25.0. The third-order valence-electron chi connectivity index (χ3n) is 4.18. The first-order valence-corrected chi connectivity index (χ1v) is 10.4. The van der Waals surface area contributed by atoms with Crippen molar-refractivity contribution in [3.8, 4) is 0 Å². The lowest BCUT2D eigenvalue weighted by molar-refractivity contribution is -0.143. The summed E-state index contributed by atoms with van der Waals surface area (Å²) < 4.78 is 0. The van der Waals surface area contributed by atoms with Crippen molar-refractivity contribution in [3.63, 3.8) is 0 Å². The van der Waals surface area contributed by atoms with Crippen LogP contribution in [-0.2, 0) is 28.8 Å². The van der Waals surface area contributed by atoms with Crippen LogP contribution in [0.15, 0.2) is 0 Å². The summed E-state index contributed by atoms with van der Waals surface area (Å²) in [6.45, 7) is 3.51. The Morgan fingerprint density at radius 1 is 0.875 bits per heavy atom. The number of nitrogens with two attached hydrogens (primary N) is 2. The fraction of sp³-hybridized carbons (Fsp3) is 0.667. The highest BCUT2D eigenvalue weighted by Crippen LogP contribution is 2.06. The molecule has 0 aliphatic carbocycles. The number of hydrogen-bond acceptors (Lipinski definition) is 8. The zero-order valence-electron chi connectivity index (χ0n) is 17.9. The summed E-state index contributed by atoms with van der Waals surface area (Å²) in [7, 11) is 0. The summed E-state index contributed by atoms with van der Waals surface area (Å²) in [4.78, 5) is 70.5. The Balaban J connectivity index is 5.25. The molecule has 4 unspecified atom stereocenters. The van der Waals surface area contributed by atoms with E-state index in [1.54, 1.807) is 13.8 Å². The Kier molecular flexibility index (Phi) is 13.0. The number of thiol groups is 1. The summed E-state index contributed by atoms with van der Waals surface area (Å²) in [5.41, 5.74) is 10.7. The number of carboxylic acids is 2. The largest absolute Gasteiger partial charge is 0.481 e. The van der Waals surface area contributed by atoms with Gasteiger partial charge in [-0.2, -0.15) is 12.6 Å². The van der Waals surface area contributed by atoms with Crippen LogP contribution >= 0.6 is 12.6 Å². The van der Waals surface area contributed by atoms with Crippen LogP contribution in [0.3, 0.4) is 0 Å². The predicted molar refractivity (Wildman–Crippen MR) is 115 cm³/mol. The molecule has 9 N–H and O–H groups in total. The Bertz CT molecular complexity index is 717. The molecule has 14 heteroatoms. The molecule has 0 aromatic carbocycles. The zero-order valence-corrected chi connectivity index (χ0v) is 18.8. The second-order valence-electron chi connectivity index (χ2n) is 7.54. The van der Waals surface area contributed by atoms with E-state index in [4.69, 9.17) is 16.6 Å². The van der Waals surface area contributed by atoms with Crippen LogP contribution in [0.4, 0.5) is 0 Å². The molecule has 0 spiro atoms. The van der Waals surface area contributed by atoms with Crippen molar-refractivity contribution >= 4 is 48.2 Å². The molecule has 0 aromatic heterocycles. The second kappa shape index (κ2) is 14.2. The molecule has 0 saturated heterocycles. The third-order valence-corrected chi connectivity index (χ3v) is 4.55. The van der Waals surface area contributed by atoms with Crippen molar-refractivity contribution in [2.75, 3.05) is 5.75 Å². The Hall–Kier alpha value is -2.87. The maximum atomic E-state index is 12.5. The minimum atomic E-state index is -1.49. The number of primary amides is 1. The standard InChI is InChI=1S/C18H31N5O8S/c1-8(2)5-11(18(30)31)22-16(28)10(6-13(20)24)21-17(29)12(7-32)23-15(27)9(19)3-4-14(25)26/h8-12,32H,3-7,19H2,1-2H3,(H2,20,24)(H,21,29)(H,22,28)(H,23,27)(H,25,26)(H,30,31). The Labute approximate surface area is 190 Å². The van der Waals surface area contributed by atoms with Gasteiger partial charge in [0.05, 0.1) is 12.5 Å². The molecule has 0 rings (SSSR count). The molecule has 0 aliphatic heterocycles. The molecule has 32 heavy (non-hydrogen) atoms. The van der Waals surface area contributed by atoms with E-state index < -0.39 is 66.2 Å². The lowest BCUT2D eigenvalue weighted by Gasteiger charge is -2.24. The first kappa shape index (κ1) is 29.1. The Morgan fingerprint density at radius 3 is 1.81 bits per heavy atom. The highest BCUT2D eigenvalue weighted by molar-refractivity contribution is 7.80. The molecular formula is C18H31N5O8S. The van der Waals surface area contributed by atoms with Gasteiger partial charge in [-0.15, -0.1) is 0 Å². The fourth-order valence-electron chi connectivity index (χ4n) is 2.53. The minimum Gasteiger partial charge on any atom is -0.481 e. The number of carboxylic acid groups (broad SMARTS) is 2. The van der Waals surface area contributed by atoms with Crippen LogP contribution in [0, 0.1) is 5.92 Å². The lowest BCUT2D eigenvalue weighted by Crippen LogP contribution is -2.58. The van der Waals surface area contributed by atoms with Gasteiger partial charge in [0.2, 0.25) is 23.6 Å². The van der Waals surface area contributed by atoms with E-state index >= 15 is 0 Å². The van der Waals surface area contributed by atoms with Gasteiger partial charge in [-0.25, -0.2) is 4.79 Å². The first-order chi connectivity index (χ1) is 14.8. The molecule has 4 amide bonds. The SMILES string of the molecule is CC(C)CC(NC(=O)C(CC(N)=O)NC(=O)C(CS)NC(=O)C(N)CCC(=O)O)C(=O)O. The molecule has 13 nitrogen and oxygen atoms in total. The molecule has 0 bridgehead atoms. The van der Waals surface area contributed by atoms with Gasteiger partial charge in [0.1, 0.15) is 18.1 Å². The van der Waals surface area contributed by atoms with Crippen LogP contribution in [-0.4, -0.2) is 75.7 Å². The van der Waals surface area contributed by atoms with Crippen molar-refractivity contribution < 1.29 is 39.0 Å². The topological polar surface area (TPSA) is 231 Å². The number of rotatable bonds is 15. The number of nitrogens with one attached hydrogen (secondary N) is 3. The van der Waals surface area contributed by atoms with Gasteiger partial charge in [0.15, 0.2) is 0 Å². The lowest BCUT2D eigenvalue weighted by atomic mass is 10.0. The van der Waals surface area contributed by atoms with Gasteiger partial charge < -0.3 is 37.6 Å². The van der Waals surface area contributed by atoms with Crippen molar-refractivity contribution in [2.45, 2.75) is 63.7 Å². The van der Waals surface area contributed by atoms with Gasteiger partial charge in [-0.05, 0) is 18.8 Å². The molecule has 0 saturated carbocycles. The molecule has 182 valence electrons. The number of carbonyl (C=O) groups is 6. The van der Waals surface area contributed by atoms with Crippen LogP contribution in [0.5, 0.6) is 0 Å². The summed E-state index contributed by atoms with van der Waals surface area (Å²) in [5, 5.41) is 24.7. The fourth-order valence-corrected chi connectivity index (χ4v) is 2.79. The maximum absolute atomic E-state index is 12.5. The highest BCUT2D eigenvalue weighted by Gasteiger charge is 2.31. The highest BCUT2D eigenvalue weighted by atomic mass is 32.1. The van der Waals surface area contributed by atoms with Gasteiger partial charge in [-0.3, -0.25) is 24.0 Å². The van der Waals surface area contributed by atoms with Crippen LogP contribution < -0.4 is 27.4 Å². The summed E-state index contributed by atoms with van der Waals surface area (Å²) >= 11 is 3.97. The molecule has 0 heterocycles. The molecule has 0 aromatic rings. The van der Waals surface area contributed by atoms with E-state index in [0.717, 1.165) is 0 Å². The normalized spacial score (nSPS) is 14.5. The van der Waals surface area contributed by atoms with Gasteiger partial charge in [0, 0.05) is 12.2 Å². The first-order valence-electron chi connectivity index (χ1n) is 9.78. The average molecular weight is 478 g/mol. The van der Waals surface area contributed by atoms with Gasteiger partial charge in [0.25, 0.3) is 0 Å². The average Bonchev–Trinajstić information content (AvgIpc) is 2.67. The van der Waals surface area contributed by atoms with Gasteiger partial charge >= 0.3 is 11.9 Å². The van der Waals surface area contributed by atoms with Crippen LogP contribution in [0.25, 0.3) is 0 Å². The summed E-state index contributed by atoms with van der Waals surface area (Å²) in [5.74, 6) is -6.26. The van der Waals surface area contributed by atoms with E-state index in [2.05, 4.69) is 28.6 Å². The molecule has 4 atom stereocenters. The molecule has 0 radical (unpaired) electrons. The van der Waals surface area contributed by atoms with E-state index in [9.17, 15) is 33.9 Å². The van der Waals surface area contributed by atoms with Crippen molar-refractivity contribution in [2.24, 2.45) is 17.4 Å². The quantitative estimate of drug-likeness (QED) is 0.117. The van der Waals surface area contributed by atoms with Crippen molar-refractivity contribution in [1.29, 1.82) is 0 Å². The van der Waals surface area contributed by atoms with Crippen molar-refractivity contribution in [1.82, 2.24) is 16.0 Å². The number of carbonyl (C=O) groups excluding carboxylic acids is 4. The smallest absolute Gasteiger partial charge is 0.326 e. The van der Waals surface area contributed by atoms with E-state index in [0.29, 0.717) is 0 Å². The van der Waals surface area contributed by atoms with E-state index in [1.807, 2.05) is 0 Å². The maximum Gasteiger partial charge on any atom is 0.326 e. The number of aliphatic carboxylic acids is 2. The van der Waals surface area contributed by atoms with Crippen LogP contribution in [0.1, 0.15) is 39.5 Å². The third kappa shape index (κ3) is 11.5. The second-order valence-corrected chi connectivity index (χ2v) is 7.91. The van der Waals surface area contributed by atoms with E-state index in [1.165, 1.54) is 0 Å². The minimum absolute atomic E-state index is 0.0605. The summed E-state index contributed by atoms with van der Waals surface area (Å²) in [6, 6.07) is -5.20. The molecule has 0 fully saturated rings. The van der Waals surface area contributed by atoms with Crippen LogP contribution in [0.2, 0.25) is 0 Å². The van der Waals surface area contributed by atoms with E-state index in [-0.39, 0.29) is 30.9 Å². The number of amides is 4. The molecule has 0 aliphatic rings. The van der Waals surface area contributed by atoms with Crippen molar-refractivity contribution in [3.05, 3.63) is 0 Å². The monoisotopic (exact) mass is 477 g/mol. The summed E-state index contributed by atoms with van der Waals surface area (Å²) in [6.07, 6.45) is -1.02. The van der Waals surface area contributed by atoms with Gasteiger partial charge in [-0.1, -0.05) is 13.8 Å².